The number of hydrogen-bond acceptors (Lipinski definition) is 8. The van der Waals surface area contributed by atoms with Gasteiger partial charge in [0.1, 0.15) is 5.82 Å². The van der Waals surface area contributed by atoms with Gasteiger partial charge in [0.25, 0.3) is 0 Å². The van der Waals surface area contributed by atoms with E-state index in [4.69, 9.17) is 9.47 Å². The van der Waals surface area contributed by atoms with Gasteiger partial charge in [-0.05, 0) is 51.7 Å². The van der Waals surface area contributed by atoms with Gasteiger partial charge < -0.3 is 26.8 Å². The van der Waals surface area contributed by atoms with Gasteiger partial charge >= 0.3 is 0 Å². The highest BCUT2D eigenvalue weighted by Gasteiger charge is 2.32. The van der Waals surface area contributed by atoms with Crippen molar-refractivity contribution < 1.29 is 26.3 Å². The third-order valence-corrected chi connectivity index (χ3v) is 7.15. The molecule has 4 aromatic rings. The fourth-order valence-electron chi connectivity index (χ4n) is 4.55. The van der Waals surface area contributed by atoms with E-state index in [1.165, 1.54) is 10.9 Å². The fraction of sp³-hybridized carbons (Fsp3) is 0.320. The normalized spacial score (nSPS) is 14.8. The molecule has 1 fully saturated rings. The van der Waals surface area contributed by atoms with Crippen LogP contribution in [0.3, 0.4) is 0 Å². The van der Waals surface area contributed by atoms with Crippen LogP contribution >= 0.6 is 11.3 Å². The second kappa shape index (κ2) is 11.7. The lowest BCUT2D eigenvalue weighted by Gasteiger charge is -2.40. The second-order valence-electron chi connectivity index (χ2n) is 8.27. The summed E-state index contributed by atoms with van der Waals surface area (Å²) in [4.78, 5) is 5.61. The van der Waals surface area contributed by atoms with Crippen LogP contribution in [-0.4, -0.2) is 65.5 Å². The zero-order chi connectivity index (χ0) is 24.2. The number of halogens is 2. The molecule has 1 unspecified atom stereocenters. The number of tetrazole rings is 1. The van der Waals surface area contributed by atoms with Crippen molar-refractivity contribution >= 4 is 17.0 Å². The summed E-state index contributed by atoms with van der Waals surface area (Å²) in [6, 6.07) is 16.7. The first kappa shape index (κ1) is 25.9. The average Bonchev–Trinajstić information content (AvgIpc) is 3.58. The molecule has 190 valence electrons. The first-order chi connectivity index (χ1) is 17.2. The SMILES string of the molecule is COc1ccc(C(c2nnnn2Cc2cccs2)N2CCN(c3ccccc3F)CC2)cc1OC.[Cl-]. The molecule has 2 aromatic heterocycles. The predicted molar refractivity (Wildman–Crippen MR) is 133 cm³/mol. The molecule has 1 aliphatic heterocycles. The lowest BCUT2D eigenvalue weighted by Crippen LogP contribution is -3.00. The van der Waals surface area contributed by atoms with Crippen molar-refractivity contribution in [3.05, 3.63) is 82.1 Å². The molecule has 0 spiro atoms. The van der Waals surface area contributed by atoms with Gasteiger partial charge in [0.15, 0.2) is 17.3 Å². The minimum absolute atomic E-state index is 0. The van der Waals surface area contributed by atoms with E-state index in [9.17, 15) is 4.39 Å². The molecule has 36 heavy (non-hydrogen) atoms. The average molecular weight is 530 g/mol. The van der Waals surface area contributed by atoms with E-state index in [0.717, 1.165) is 24.5 Å². The quantitative estimate of drug-likeness (QED) is 0.335. The number of hydrogen-bond donors (Lipinski definition) is 0. The van der Waals surface area contributed by atoms with E-state index in [1.54, 1.807) is 31.6 Å². The van der Waals surface area contributed by atoms with Gasteiger partial charge in [-0.2, -0.15) is 0 Å². The minimum Gasteiger partial charge on any atom is -1.00 e. The standard InChI is InChI=1S/C25H27FN6O2S.ClH/c1-33-22-10-9-18(16-23(22)34-2)24(25-27-28-29-32(25)17-19-6-5-15-35-19)31-13-11-30(12-14-31)21-8-4-3-7-20(21)26;/h3-10,15-16,24H,11-14,17H2,1-2H3;1H/p-1. The van der Waals surface area contributed by atoms with Crippen LogP contribution in [0, 0.1) is 5.82 Å². The number of anilines is 1. The lowest BCUT2D eigenvalue weighted by molar-refractivity contribution is -0.00000819. The van der Waals surface area contributed by atoms with Crippen molar-refractivity contribution in [1.29, 1.82) is 0 Å². The Hall–Kier alpha value is -3.21. The van der Waals surface area contributed by atoms with Crippen molar-refractivity contribution in [3.8, 4) is 11.5 Å². The zero-order valence-corrected chi connectivity index (χ0v) is 21.6. The Morgan fingerprint density at radius 1 is 0.972 bits per heavy atom. The van der Waals surface area contributed by atoms with Crippen LogP contribution in [0.1, 0.15) is 22.3 Å². The molecule has 0 radical (unpaired) electrons. The summed E-state index contributed by atoms with van der Waals surface area (Å²) in [6.07, 6.45) is 0. The van der Waals surface area contributed by atoms with Crippen molar-refractivity contribution in [2.24, 2.45) is 0 Å². The highest BCUT2D eigenvalue weighted by molar-refractivity contribution is 7.09. The molecule has 0 aliphatic carbocycles. The Kier molecular flexibility index (Phi) is 8.40. The van der Waals surface area contributed by atoms with Crippen LogP contribution in [0.5, 0.6) is 11.5 Å². The van der Waals surface area contributed by atoms with Gasteiger partial charge in [0.2, 0.25) is 0 Å². The minimum atomic E-state index is -0.201. The number of piperazine rings is 1. The Balaban J connectivity index is 0.00000304. The molecule has 0 N–H and O–H groups in total. The van der Waals surface area contributed by atoms with Gasteiger partial charge in [-0.3, -0.25) is 4.90 Å². The van der Waals surface area contributed by atoms with E-state index in [-0.39, 0.29) is 24.3 Å². The van der Waals surface area contributed by atoms with Crippen LogP contribution in [0.25, 0.3) is 0 Å². The van der Waals surface area contributed by atoms with Gasteiger partial charge in [-0.25, -0.2) is 9.07 Å². The summed E-state index contributed by atoms with van der Waals surface area (Å²) in [5.74, 6) is 1.87. The summed E-state index contributed by atoms with van der Waals surface area (Å²) in [5, 5.41) is 14.8. The second-order valence-corrected chi connectivity index (χ2v) is 9.30. The maximum atomic E-state index is 14.4. The number of para-hydroxylation sites is 1. The van der Waals surface area contributed by atoms with Crippen molar-refractivity contribution in [2.45, 2.75) is 12.6 Å². The van der Waals surface area contributed by atoms with E-state index in [1.807, 2.05) is 46.5 Å². The third-order valence-electron chi connectivity index (χ3n) is 6.29. The maximum absolute atomic E-state index is 14.4. The van der Waals surface area contributed by atoms with Gasteiger partial charge in [0.05, 0.1) is 32.5 Å². The third kappa shape index (κ3) is 5.30. The lowest BCUT2D eigenvalue weighted by atomic mass is 10.0. The Morgan fingerprint density at radius 2 is 1.75 bits per heavy atom. The van der Waals surface area contributed by atoms with E-state index in [2.05, 4.69) is 31.4 Å². The summed E-state index contributed by atoms with van der Waals surface area (Å²) < 4.78 is 27.3. The van der Waals surface area contributed by atoms with Crippen LogP contribution in [0.2, 0.25) is 0 Å². The molecule has 2 aromatic carbocycles. The maximum Gasteiger partial charge on any atom is 0.173 e. The molecule has 3 heterocycles. The number of ether oxygens (including phenoxy) is 2. The Morgan fingerprint density at radius 3 is 2.44 bits per heavy atom. The molecule has 0 saturated carbocycles. The van der Waals surface area contributed by atoms with Crippen LogP contribution in [-0.2, 0) is 6.54 Å². The first-order valence-electron chi connectivity index (χ1n) is 11.4. The van der Waals surface area contributed by atoms with Crippen LogP contribution < -0.4 is 26.8 Å². The predicted octanol–water partition coefficient (Wildman–Crippen LogP) is 0.855. The largest absolute Gasteiger partial charge is 1.00 e. The van der Waals surface area contributed by atoms with E-state index < -0.39 is 0 Å². The molecule has 8 nitrogen and oxygen atoms in total. The van der Waals surface area contributed by atoms with Gasteiger partial charge in [0, 0.05) is 31.1 Å². The number of methoxy groups -OCH3 is 2. The molecule has 11 heteroatoms. The topological polar surface area (TPSA) is 68.5 Å². The highest BCUT2D eigenvalue weighted by Crippen LogP contribution is 2.35. The molecule has 1 atom stereocenters. The fourth-order valence-corrected chi connectivity index (χ4v) is 5.23. The molecule has 5 rings (SSSR count). The molecular weight excluding hydrogens is 503 g/mol. The molecular formula is C25H27ClFN6O2S-. The molecule has 0 bridgehead atoms. The van der Waals surface area contributed by atoms with E-state index >= 15 is 0 Å². The monoisotopic (exact) mass is 529 g/mol. The Bertz CT molecular complexity index is 1260. The summed E-state index contributed by atoms with van der Waals surface area (Å²) in [7, 11) is 3.25. The number of thiophene rings is 1. The zero-order valence-electron chi connectivity index (χ0n) is 20.1. The molecule has 0 amide bonds. The van der Waals surface area contributed by atoms with Gasteiger partial charge in [-0.1, -0.05) is 24.3 Å². The van der Waals surface area contributed by atoms with Crippen LogP contribution in [0.15, 0.2) is 60.0 Å². The van der Waals surface area contributed by atoms with Crippen LogP contribution in [0.4, 0.5) is 10.1 Å². The molecule has 1 saturated heterocycles. The van der Waals surface area contributed by atoms with E-state index in [0.29, 0.717) is 36.8 Å². The van der Waals surface area contributed by atoms with Crippen molar-refractivity contribution in [3.63, 3.8) is 0 Å². The highest BCUT2D eigenvalue weighted by atomic mass is 35.5. The number of aromatic nitrogens is 4. The van der Waals surface area contributed by atoms with Crippen molar-refractivity contribution in [2.75, 3.05) is 45.3 Å². The molecule has 1 aliphatic rings. The number of nitrogens with zero attached hydrogens (tertiary/aromatic N) is 6. The summed E-state index contributed by atoms with van der Waals surface area (Å²) in [5.41, 5.74) is 1.64. The van der Waals surface area contributed by atoms with Gasteiger partial charge in [-0.15, -0.1) is 16.4 Å². The van der Waals surface area contributed by atoms with Crippen molar-refractivity contribution in [1.82, 2.24) is 25.1 Å². The Labute approximate surface area is 219 Å². The summed E-state index contributed by atoms with van der Waals surface area (Å²) in [6.45, 7) is 3.42. The number of rotatable bonds is 8. The first-order valence-corrected chi connectivity index (χ1v) is 12.3. The smallest absolute Gasteiger partial charge is 0.173 e. The number of benzene rings is 2. The summed E-state index contributed by atoms with van der Waals surface area (Å²) >= 11 is 1.67.